The molecule has 1 amide bonds. The maximum atomic E-state index is 12.6. The number of hydrogen-bond acceptors (Lipinski definition) is 9. The molecule has 1 atom stereocenters. The number of aromatic hydroxyl groups is 1. The van der Waals surface area contributed by atoms with Gasteiger partial charge in [-0.25, -0.2) is 0 Å². The largest absolute Gasteiger partial charge is 0.501 e. The van der Waals surface area contributed by atoms with Crippen molar-refractivity contribution < 1.29 is 27.8 Å². The molecule has 1 heterocycles. The SMILES string of the molecule is CC1=NN(c2cccc(Cl)c2)C(=O)C1N=Nc1cc(S(=O)(=O)O)cc([N+](=O)[O-])c1O.[Na]. The molecule has 31 heavy (non-hydrogen) atoms. The summed E-state index contributed by atoms with van der Waals surface area (Å²) in [5.74, 6) is -1.60. The number of azo groups is 1. The molecule has 12 nitrogen and oxygen atoms in total. The average molecular weight is 477 g/mol. The topological polar surface area (TPSA) is 175 Å². The Morgan fingerprint density at radius 2 is 1.97 bits per heavy atom. The van der Waals surface area contributed by atoms with Crippen LogP contribution in [-0.2, 0) is 14.9 Å². The summed E-state index contributed by atoms with van der Waals surface area (Å²) < 4.78 is 31.9. The molecular weight excluding hydrogens is 465 g/mol. The van der Waals surface area contributed by atoms with Crippen molar-refractivity contribution in [3.63, 3.8) is 0 Å². The molecular formula is C16H12ClN5NaO7S. The summed E-state index contributed by atoms with van der Waals surface area (Å²) in [6.45, 7) is 1.49. The van der Waals surface area contributed by atoms with Gasteiger partial charge in [0.1, 0.15) is 10.6 Å². The van der Waals surface area contributed by atoms with E-state index in [0.29, 0.717) is 22.8 Å². The first kappa shape index (κ1) is 24.8. The second kappa shape index (κ2) is 9.38. The fourth-order valence-electron chi connectivity index (χ4n) is 2.55. The van der Waals surface area contributed by atoms with Crippen LogP contribution in [0.15, 0.2) is 56.6 Å². The van der Waals surface area contributed by atoms with Crippen LogP contribution in [0.25, 0.3) is 0 Å². The van der Waals surface area contributed by atoms with E-state index in [4.69, 9.17) is 16.2 Å². The van der Waals surface area contributed by atoms with Gasteiger partial charge in [-0.1, -0.05) is 17.7 Å². The molecule has 0 spiro atoms. The van der Waals surface area contributed by atoms with Gasteiger partial charge in [0.05, 0.1) is 16.3 Å². The average Bonchev–Trinajstić information content (AvgIpc) is 2.93. The number of rotatable bonds is 5. The number of phenolic OH excluding ortho intramolecular Hbond substituents is 1. The van der Waals surface area contributed by atoms with Crippen LogP contribution in [0.2, 0.25) is 5.02 Å². The number of phenols is 1. The molecule has 2 N–H and O–H groups in total. The molecule has 3 rings (SSSR count). The predicted octanol–water partition coefficient (Wildman–Crippen LogP) is 2.69. The Balaban J connectivity index is 0.00000341. The number of hydrogen-bond donors (Lipinski definition) is 2. The van der Waals surface area contributed by atoms with E-state index in [-0.39, 0.29) is 35.3 Å². The van der Waals surface area contributed by atoms with Crippen molar-refractivity contribution in [2.24, 2.45) is 15.3 Å². The van der Waals surface area contributed by atoms with Crippen LogP contribution in [0, 0.1) is 10.1 Å². The van der Waals surface area contributed by atoms with Gasteiger partial charge >= 0.3 is 5.69 Å². The molecule has 1 aliphatic rings. The number of amides is 1. The number of nitrogens with zero attached hydrogens (tertiary/aromatic N) is 5. The number of hydrazone groups is 1. The zero-order valence-electron chi connectivity index (χ0n) is 16.0. The van der Waals surface area contributed by atoms with E-state index in [0.717, 1.165) is 5.01 Å². The fraction of sp³-hybridized carbons (Fsp3) is 0.125. The third kappa shape index (κ3) is 5.26. The molecule has 0 fully saturated rings. The van der Waals surface area contributed by atoms with Crippen LogP contribution in [0.5, 0.6) is 5.75 Å². The molecule has 1 unspecified atom stereocenters. The number of anilines is 1. The van der Waals surface area contributed by atoms with Gasteiger partial charge in [-0.2, -0.15) is 28.8 Å². The van der Waals surface area contributed by atoms with Crippen molar-refractivity contribution in [2.45, 2.75) is 17.9 Å². The first-order chi connectivity index (χ1) is 14.0. The van der Waals surface area contributed by atoms with Gasteiger partial charge in [-0.3, -0.25) is 19.5 Å². The van der Waals surface area contributed by atoms with Gasteiger partial charge in [0.15, 0.2) is 6.04 Å². The number of carbonyl (C=O) groups is 1. The molecule has 0 aromatic heterocycles. The van der Waals surface area contributed by atoms with E-state index in [9.17, 15) is 28.4 Å². The van der Waals surface area contributed by atoms with Gasteiger partial charge < -0.3 is 5.11 Å². The van der Waals surface area contributed by atoms with Crippen molar-refractivity contribution in [3.8, 4) is 5.75 Å². The molecule has 2 aromatic carbocycles. The van der Waals surface area contributed by atoms with Crippen LogP contribution in [0.4, 0.5) is 17.1 Å². The Labute approximate surface area is 202 Å². The molecule has 0 saturated carbocycles. The van der Waals surface area contributed by atoms with E-state index in [1.165, 1.54) is 13.0 Å². The third-order valence-corrected chi connectivity index (χ3v) is 5.03. The Bertz CT molecular complexity index is 1230. The number of nitro benzene ring substituents is 1. The summed E-state index contributed by atoms with van der Waals surface area (Å²) in [4.78, 5) is 21.8. The minimum atomic E-state index is -4.83. The van der Waals surface area contributed by atoms with E-state index in [2.05, 4.69) is 15.3 Å². The summed E-state index contributed by atoms with van der Waals surface area (Å²) in [5.41, 5.74) is -1.04. The number of halogens is 1. The van der Waals surface area contributed by atoms with E-state index in [1.807, 2.05) is 0 Å². The predicted molar refractivity (Wildman–Crippen MR) is 111 cm³/mol. The smallest absolute Gasteiger partial charge is 0.314 e. The number of benzene rings is 2. The van der Waals surface area contributed by atoms with E-state index >= 15 is 0 Å². The fourth-order valence-corrected chi connectivity index (χ4v) is 3.25. The van der Waals surface area contributed by atoms with E-state index < -0.39 is 49.0 Å². The van der Waals surface area contributed by atoms with Gasteiger partial charge in [0, 0.05) is 40.6 Å². The Morgan fingerprint density at radius 3 is 2.55 bits per heavy atom. The molecule has 157 valence electrons. The maximum absolute atomic E-state index is 12.6. The standard InChI is InChI=1S/C16H12ClN5O7S.Na/c1-8-14(16(24)21(20-8)10-4-2-3-9(17)5-10)19-18-12-6-11(30(27,28)29)7-13(15(12)23)22(25)26;/h2-7,14,23H,1H3,(H,27,28,29);. The Hall–Kier alpha value is -2.42. The Kier molecular flexibility index (Phi) is 7.52. The van der Waals surface area contributed by atoms with Crippen molar-refractivity contribution in [1.82, 2.24) is 0 Å². The molecule has 1 aliphatic heterocycles. The number of carbonyl (C=O) groups excluding carboxylic acids is 1. The van der Waals surface area contributed by atoms with Gasteiger partial charge in [0.25, 0.3) is 16.0 Å². The quantitative estimate of drug-likeness (QED) is 0.219. The molecule has 0 saturated heterocycles. The second-order valence-corrected chi connectivity index (χ2v) is 7.89. The summed E-state index contributed by atoms with van der Waals surface area (Å²) in [5, 5.41) is 33.9. The molecule has 0 bridgehead atoms. The van der Waals surface area contributed by atoms with E-state index in [1.54, 1.807) is 18.2 Å². The second-order valence-electron chi connectivity index (χ2n) is 6.03. The first-order valence-electron chi connectivity index (χ1n) is 8.03. The zero-order chi connectivity index (χ0) is 22.2. The van der Waals surface area contributed by atoms with Crippen molar-refractivity contribution in [1.29, 1.82) is 0 Å². The maximum Gasteiger partial charge on any atom is 0.314 e. The Morgan fingerprint density at radius 1 is 1.29 bits per heavy atom. The van der Waals surface area contributed by atoms with Gasteiger partial charge in [-0.15, -0.1) is 0 Å². The minimum absolute atomic E-state index is 0. The van der Waals surface area contributed by atoms with Gasteiger partial charge in [0.2, 0.25) is 5.75 Å². The normalized spacial score (nSPS) is 16.4. The van der Waals surface area contributed by atoms with Crippen LogP contribution in [0.1, 0.15) is 6.92 Å². The minimum Gasteiger partial charge on any atom is -0.501 e. The summed E-state index contributed by atoms with van der Waals surface area (Å²) in [6, 6.07) is 6.24. The molecule has 15 heteroatoms. The van der Waals surface area contributed by atoms with Crippen LogP contribution in [-0.4, -0.2) is 70.2 Å². The summed E-state index contributed by atoms with van der Waals surface area (Å²) in [6.07, 6.45) is 0. The van der Waals surface area contributed by atoms with Crippen LogP contribution >= 0.6 is 11.6 Å². The van der Waals surface area contributed by atoms with Crippen molar-refractivity contribution in [2.75, 3.05) is 5.01 Å². The third-order valence-electron chi connectivity index (χ3n) is 3.97. The van der Waals surface area contributed by atoms with Crippen molar-refractivity contribution in [3.05, 3.63) is 51.5 Å². The summed E-state index contributed by atoms with van der Waals surface area (Å²) in [7, 11) is -4.83. The van der Waals surface area contributed by atoms with Crippen LogP contribution < -0.4 is 5.01 Å². The summed E-state index contributed by atoms with van der Waals surface area (Å²) >= 11 is 5.91. The molecule has 1 radical (unpaired) electrons. The van der Waals surface area contributed by atoms with Crippen LogP contribution in [0.3, 0.4) is 0 Å². The van der Waals surface area contributed by atoms with Crippen molar-refractivity contribution >= 4 is 80.0 Å². The molecule has 0 aliphatic carbocycles. The van der Waals surface area contributed by atoms with Gasteiger partial charge in [-0.05, 0) is 31.2 Å². The first-order valence-corrected chi connectivity index (χ1v) is 9.85. The number of nitro groups is 1. The zero-order valence-corrected chi connectivity index (χ0v) is 19.6. The molecule has 2 aromatic rings. The monoisotopic (exact) mass is 476 g/mol.